The molecule has 0 amide bonds. The maximum atomic E-state index is 14.4. The number of aromatic nitrogens is 2. The Morgan fingerprint density at radius 2 is 2.00 bits per heavy atom. The molecule has 2 heterocycles. The Morgan fingerprint density at radius 1 is 1.17 bits per heavy atom. The molecule has 3 rings (SSSR count). The van der Waals surface area contributed by atoms with Gasteiger partial charge in [-0.2, -0.15) is 0 Å². The molecular formula is C18H19FN2O2. The molecule has 0 aliphatic heterocycles. The van der Waals surface area contributed by atoms with Crippen molar-refractivity contribution in [3.8, 4) is 11.5 Å². The number of ether oxygens (including phenoxy) is 2. The summed E-state index contributed by atoms with van der Waals surface area (Å²) in [5.41, 5.74) is 3.45. The summed E-state index contributed by atoms with van der Waals surface area (Å²) in [6.45, 7) is 4.30. The van der Waals surface area contributed by atoms with Gasteiger partial charge < -0.3 is 14.5 Å². The van der Waals surface area contributed by atoms with Crippen LogP contribution < -0.4 is 9.47 Å². The number of halogens is 1. The molecule has 1 aromatic carbocycles. The number of pyridine rings is 1. The van der Waals surface area contributed by atoms with Gasteiger partial charge in [0, 0.05) is 30.3 Å². The first-order valence-electron chi connectivity index (χ1n) is 7.54. The van der Waals surface area contributed by atoms with Crippen LogP contribution in [-0.4, -0.2) is 23.7 Å². The highest BCUT2D eigenvalue weighted by Gasteiger charge is 2.14. The number of hydrogen-bond donors (Lipinski definition) is 1. The molecule has 0 unspecified atom stereocenters. The highest BCUT2D eigenvalue weighted by molar-refractivity contribution is 5.80. The third-order valence-electron chi connectivity index (χ3n) is 3.77. The second-order valence-corrected chi connectivity index (χ2v) is 5.43. The molecule has 0 spiro atoms. The molecule has 0 radical (unpaired) electrons. The lowest BCUT2D eigenvalue weighted by Gasteiger charge is -2.12. The van der Waals surface area contributed by atoms with Crippen molar-refractivity contribution in [1.82, 2.24) is 9.97 Å². The highest BCUT2D eigenvalue weighted by atomic mass is 19.1. The van der Waals surface area contributed by atoms with Crippen LogP contribution in [0, 0.1) is 12.7 Å². The SMILES string of the molecule is CCOc1cc(F)c(Cc2c[nH]c3ncc(C)cc23)cc1OC. The molecule has 0 aliphatic carbocycles. The van der Waals surface area contributed by atoms with Crippen LogP contribution in [0.3, 0.4) is 0 Å². The van der Waals surface area contributed by atoms with Gasteiger partial charge in [0.1, 0.15) is 11.5 Å². The summed E-state index contributed by atoms with van der Waals surface area (Å²) in [5, 5.41) is 1.01. The normalized spacial score (nSPS) is 11.0. The fourth-order valence-electron chi connectivity index (χ4n) is 2.65. The van der Waals surface area contributed by atoms with Crippen LogP contribution in [0.25, 0.3) is 11.0 Å². The van der Waals surface area contributed by atoms with Crippen LogP contribution in [0.5, 0.6) is 11.5 Å². The summed E-state index contributed by atoms with van der Waals surface area (Å²) in [7, 11) is 1.55. The third-order valence-corrected chi connectivity index (χ3v) is 3.77. The number of hydrogen-bond acceptors (Lipinski definition) is 3. The molecule has 4 nitrogen and oxygen atoms in total. The van der Waals surface area contributed by atoms with Crippen LogP contribution in [-0.2, 0) is 6.42 Å². The van der Waals surface area contributed by atoms with E-state index in [1.54, 1.807) is 13.2 Å². The Balaban J connectivity index is 1.99. The molecule has 3 aromatic rings. The van der Waals surface area contributed by atoms with Crippen molar-refractivity contribution >= 4 is 11.0 Å². The van der Waals surface area contributed by atoms with Gasteiger partial charge in [0.15, 0.2) is 11.5 Å². The van der Waals surface area contributed by atoms with Gasteiger partial charge in [0.25, 0.3) is 0 Å². The van der Waals surface area contributed by atoms with Crippen LogP contribution in [0.4, 0.5) is 4.39 Å². The van der Waals surface area contributed by atoms with Crippen molar-refractivity contribution < 1.29 is 13.9 Å². The van der Waals surface area contributed by atoms with E-state index in [1.165, 1.54) is 6.07 Å². The summed E-state index contributed by atoms with van der Waals surface area (Å²) >= 11 is 0. The smallest absolute Gasteiger partial charge is 0.164 e. The van der Waals surface area contributed by atoms with Crippen molar-refractivity contribution in [2.24, 2.45) is 0 Å². The van der Waals surface area contributed by atoms with E-state index >= 15 is 0 Å². The van der Waals surface area contributed by atoms with Crippen LogP contribution in [0.1, 0.15) is 23.6 Å². The van der Waals surface area contributed by atoms with Crippen molar-refractivity contribution in [3.05, 3.63) is 53.1 Å². The van der Waals surface area contributed by atoms with Gasteiger partial charge in [-0.05, 0) is 42.7 Å². The van der Waals surface area contributed by atoms with E-state index < -0.39 is 0 Å². The number of methoxy groups -OCH3 is 1. The van der Waals surface area contributed by atoms with E-state index in [-0.39, 0.29) is 5.82 Å². The zero-order valence-corrected chi connectivity index (χ0v) is 13.4. The van der Waals surface area contributed by atoms with Gasteiger partial charge >= 0.3 is 0 Å². The lowest BCUT2D eigenvalue weighted by atomic mass is 10.0. The number of benzene rings is 1. The van der Waals surface area contributed by atoms with Crippen LogP contribution in [0.2, 0.25) is 0 Å². The summed E-state index contributed by atoms with van der Waals surface area (Å²) in [5.74, 6) is 0.661. The molecule has 0 saturated heterocycles. The number of nitrogens with zero attached hydrogens (tertiary/aromatic N) is 1. The standard InChI is InChI=1S/C18H19FN2O2/c1-4-23-17-8-15(19)12(7-16(17)22-3)6-13-10-21-18-14(13)5-11(2)9-20-18/h5,7-10H,4,6H2,1-3H3,(H,20,21). The lowest BCUT2D eigenvalue weighted by Crippen LogP contribution is -2.00. The van der Waals surface area contributed by atoms with Crippen LogP contribution in [0.15, 0.2) is 30.6 Å². The third kappa shape index (κ3) is 2.99. The number of nitrogens with one attached hydrogen (secondary N) is 1. The first-order valence-corrected chi connectivity index (χ1v) is 7.54. The Kier molecular flexibility index (Phi) is 4.19. The first kappa shape index (κ1) is 15.3. The van der Waals surface area contributed by atoms with Gasteiger partial charge in [-0.15, -0.1) is 0 Å². The van der Waals surface area contributed by atoms with Gasteiger partial charge in [0.05, 0.1) is 13.7 Å². The predicted molar refractivity (Wildman–Crippen MR) is 87.8 cm³/mol. The summed E-state index contributed by atoms with van der Waals surface area (Å²) in [6.07, 6.45) is 4.14. The summed E-state index contributed by atoms with van der Waals surface area (Å²) < 4.78 is 25.1. The molecule has 23 heavy (non-hydrogen) atoms. The Bertz CT molecular complexity index is 842. The lowest BCUT2D eigenvalue weighted by molar-refractivity contribution is 0.308. The topological polar surface area (TPSA) is 47.1 Å². The number of rotatable bonds is 5. The molecule has 2 aromatic heterocycles. The Hall–Kier alpha value is -2.56. The molecule has 0 bridgehead atoms. The van der Waals surface area contributed by atoms with E-state index in [2.05, 4.69) is 16.0 Å². The number of aromatic amines is 1. The average Bonchev–Trinajstić information content (AvgIpc) is 2.92. The average molecular weight is 314 g/mol. The molecule has 0 atom stereocenters. The van der Waals surface area contributed by atoms with E-state index in [4.69, 9.17) is 9.47 Å². The molecule has 0 fully saturated rings. The largest absolute Gasteiger partial charge is 0.493 e. The minimum absolute atomic E-state index is 0.302. The van der Waals surface area contributed by atoms with Crippen molar-refractivity contribution in [2.75, 3.05) is 13.7 Å². The maximum Gasteiger partial charge on any atom is 0.164 e. The van der Waals surface area contributed by atoms with E-state index in [9.17, 15) is 4.39 Å². The first-order chi connectivity index (χ1) is 11.1. The Labute approximate surface area is 134 Å². The van der Waals surface area contributed by atoms with E-state index in [1.807, 2.05) is 26.2 Å². The molecule has 5 heteroatoms. The van der Waals surface area contributed by atoms with E-state index in [0.29, 0.717) is 30.1 Å². The van der Waals surface area contributed by atoms with Crippen LogP contribution >= 0.6 is 0 Å². The maximum absolute atomic E-state index is 14.4. The predicted octanol–water partition coefficient (Wildman–Crippen LogP) is 4.01. The summed E-state index contributed by atoms with van der Waals surface area (Å²) in [6, 6.07) is 5.14. The summed E-state index contributed by atoms with van der Waals surface area (Å²) in [4.78, 5) is 7.47. The molecule has 0 saturated carbocycles. The monoisotopic (exact) mass is 314 g/mol. The number of H-pyrrole nitrogens is 1. The quantitative estimate of drug-likeness (QED) is 0.774. The van der Waals surface area contributed by atoms with Crippen molar-refractivity contribution in [2.45, 2.75) is 20.3 Å². The van der Waals surface area contributed by atoms with Gasteiger partial charge in [-0.3, -0.25) is 0 Å². The molecule has 0 aliphatic rings. The van der Waals surface area contributed by atoms with Gasteiger partial charge in [0.2, 0.25) is 0 Å². The van der Waals surface area contributed by atoms with Crippen molar-refractivity contribution in [1.29, 1.82) is 0 Å². The number of fused-ring (bicyclic) bond motifs is 1. The highest BCUT2D eigenvalue weighted by Crippen LogP contribution is 2.32. The molecule has 1 N–H and O–H groups in total. The van der Waals surface area contributed by atoms with E-state index in [0.717, 1.165) is 22.2 Å². The number of aryl methyl sites for hydroxylation is 1. The van der Waals surface area contributed by atoms with Crippen molar-refractivity contribution in [3.63, 3.8) is 0 Å². The van der Waals surface area contributed by atoms with Gasteiger partial charge in [-0.1, -0.05) is 0 Å². The fourth-order valence-corrected chi connectivity index (χ4v) is 2.65. The zero-order valence-electron chi connectivity index (χ0n) is 13.4. The Morgan fingerprint density at radius 3 is 2.74 bits per heavy atom. The minimum Gasteiger partial charge on any atom is -0.493 e. The second-order valence-electron chi connectivity index (χ2n) is 5.43. The fraction of sp³-hybridized carbons (Fsp3) is 0.278. The molecule has 120 valence electrons. The van der Waals surface area contributed by atoms with Gasteiger partial charge in [-0.25, -0.2) is 9.37 Å². The minimum atomic E-state index is -0.302. The molecular weight excluding hydrogens is 295 g/mol. The second kappa shape index (κ2) is 6.28. The zero-order chi connectivity index (χ0) is 16.4.